The summed E-state index contributed by atoms with van der Waals surface area (Å²) in [5.74, 6) is 0.750. The normalized spacial score (nSPS) is 14.1. The van der Waals surface area contributed by atoms with E-state index in [9.17, 15) is 4.79 Å². The largest absolute Gasteiger partial charge is 0.356 e. The van der Waals surface area contributed by atoms with Gasteiger partial charge in [0.15, 0.2) is 0 Å². The summed E-state index contributed by atoms with van der Waals surface area (Å²) in [6.07, 6.45) is 4.09. The van der Waals surface area contributed by atoms with Crippen LogP contribution in [0.25, 0.3) is 0 Å². The predicted molar refractivity (Wildman–Crippen MR) is 88.0 cm³/mol. The van der Waals surface area contributed by atoms with E-state index in [1.54, 1.807) is 6.20 Å². The van der Waals surface area contributed by atoms with Crippen molar-refractivity contribution in [3.8, 4) is 0 Å². The second-order valence-corrected chi connectivity index (χ2v) is 5.68. The average Bonchev–Trinajstić information content (AvgIpc) is 3.08. The first-order valence-corrected chi connectivity index (χ1v) is 7.78. The van der Waals surface area contributed by atoms with E-state index in [4.69, 9.17) is 0 Å². The van der Waals surface area contributed by atoms with Gasteiger partial charge >= 0.3 is 0 Å². The van der Waals surface area contributed by atoms with E-state index in [1.807, 2.05) is 30.3 Å². The van der Waals surface area contributed by atoms with E-state index in [2.05, 4.69) is 28.2 Å². The zero-order chi connectivity index (χ0) is 15.4. The summed E-state index contributed by atoms with van der Waals surface area (Å²) in [6, 6.07) is 11.8. The van der Waals surface area contributed by atoms with Gasteiger partial charge < -0.3 is 10.2 Å². The lowest BCUT2D eigenvalue weighted by Gasteiger charge is -2.19. The SMILES string of the molecule is Cc1ccccc1CNC(=O)c1cccnc1N1CCCC1. The van der Waals surface area contributed by atoms with Crippen LogP contribution in [-0.2, 0) is 6.54 Å². The number of aryl methyl sites for hydroxylation is 1. The first kappa shape index (κ1) is 14.6. The number of nitrogens with one attached hydrogen (secondary N) is 1. The molecule has 0 atom stereocenters. The molecule has 22 heavy (non-hydrogen) atoms. The Balaban J connectivity index is 1.74. The van der Waals surface area contributed by atoms with Crippen molar-refractivity contribution in [1.29, 1.82) is 0 Å². The summed E-state index contributed by atoms with van der Waals surface area (Å²) in [6.45, 7) is 4.56. The smallest absolute Gasteiger partial charge is 0.255 e. The maximum atomic E-state index is 12.5. The van der Waals surface area contributed by atoms with Gasteiger partial charge in [0.1, 0.15) is 5.82 Å². The molecule has 1 N–H and O–H groups in total. The topological polar surface area (TPSA) is 45.2 Å². The summed E-state index contributed by atoms with van der Waals surface area (Å²) in [4.78, 5) is 19.1. The number of carbonyl (C=O) groups is 1. The van der Waals surface area contributed by atoms with Crippen LogP contribution in [-0.4, -0.2) is 24.0 Å². The van der Waals surface area contributed by atoms with Crippen LogP contribution >= 0.6 is 0 Å². The molecule has 1 fully saturated rings. The van der Waals surface area contributed by atoms with Crippen LogP contribution in [0.2, 0.25) is 0 Å². The van der Waals surface area contributed by atoms with Gasteiger partial charge in [-0.15, -0.1) is 0 Å². The highest BCUT2D eigenvalue weighted by molar-refractivity contribution is 5.98. The molecule has 4 heteroatoms. The van der Waals surface area contributed by atoms with Crippen molar-refractivity contribution in [2.45, 2.75) is 26.3 Å². The minimum atomic E-state index is -0.0572. The summed E-state index contributed by atoms with van der Waals surface area (Å²) in [7, 11) is 0. The first-order chi connectivity index (χ1) is 10.8. The van der Waals surface area contributed by atoms with Gasteiger partial charge in [-0.05, 0) is 43.0 Å². The number of rotatable bonds is 4. The Labute approximate surface area is 131 Å². The highest BCUT2D eigenvalue weighted by atomic mass is 16.1. The summed E-state index contributed by atoms with van der Waals surface area (Å²) in [5.41, 5.74) is 2.99. The van der Waals surface area contributed by atoms with Crippen molar-refractivity contribution < 1.29 is 4.79 Å². The lowest BCUT2D eigenvalue weighted by atomic mass is 10.1. The second-order valence-electron chi connectivity index (χ2n) is 5.68. The molecule has 2 aromatic rings. The molecule has 0 unspecified atom stereocenters. The minimum absolute atomic E-state index is 0.0572. The highest BCUT2D eigenvalue weighted by Crippen LogP contribution is 2.21. The molecule has 0 spiro atoms. The van der Waals surface area contributed by atoms with Crippen LogP contribution in [0.5, 0.6) is 0 Å². The molecule has 1 aromatic carbocycles. The fourth-order valence-electron chi connectivity index (χ4n) is 2.83. The van der Waals surface area contributed by atoms with Crippen molar-refractivity contribution in [1.82, 2.24) is 10.3 Å². The third-order valence-corrected chi connectivity index (χ3v) is 4.14. The van der Waals surface area contributed by atoms with E-state index in [-0.39, 0.29) is 5.91 Å². The Kier molecular flexibility index (Phi) is 4.37. The van der Waals surface area contributed by atoms with Crippen molar-refractivity contribution in [3.63, 3.8) is 0 Å². The van der Waals surface area contributed by atoms with Gasteiger partial charge in [-0.3, -0.25) is 4.79 Å². The number of nitrogens with zero attached hydrogens (tertiary/aromatic N) is 2. The van der Waals surface area contributed by atoms with Crippen LogP contribution in [0.1, 0.15) is 34.3 Å². The Morgan fingerprint density at radius 2 is 1.95 bits per heavy atom. The van der Waals surface area contributed by atoms with E-state index < -0.39 is 0 Å². The molecule has 1 saturated heterocycles. The number of aromatic nitrogens is 1. The minimum Gasteiger partial charge on any atom is -0.356 e. The maximum absolute atomic E-state index is 12.5. The van der Waals surface area contributed by atoms with Crippen LogP contribution < -0.4 is 10.2 Å². The highest BCUT2D eigenvalue weighted by Gasteiger charge is 2.20. The molecule has 4 nitrogen and oxygen atoms in total. The van der Waals surface area contributed by atoms with Crippen molar-refractivity contribution >= 4 is 11.7 Å². The Hall–Kier alpha value is -2.36. The van der Waals surface area contributed by atoms with Crippen LogP contribution in [0, 0.1) is 6.92 Å². The van der Waals surface area contributed by atoms with Crippen LogP contribution in [0.4, 0.5) is 5.82 Å². The fraction of sp³-hybridized carbons (Fsp3) is 0.333. The molecule has 0 aliphatic carbocycles. The van der Waals surface area contributed by atoms with Crippen molar-refractivity contribution in [3.05, 3.63) is 59.3 Å². The number of carbonyl (C=O) groups excluding carboxylic acids is 1. The second kappa shape index (κ2) is 6.60. The van der Waals surface area contributed by atoms with Gasteiger partial charge in [-0.25, -0.2) is 4.98 Å². The molecule has 0 bridgehead atoms. The quantitative estimate of drug-likeness (QED) is 0.943. The number of amides is 1. The third kappa shape index (κ3) is 3.11. The summed E-state index contributed by atoms with van der Waals surface area (Å²) >= 11 is 0. The van der Waals surface area contributed by atoms with Gasteiger partial charge in [0, 0.05) is 25.8 Å². The van der Waals surface area contributed by atoms with E-state index >= 15 is 0 Å². The lowest BCUT2D eigenvalue weighted by molar-refractivity contribution is 0.0951. The lowest BCUT2D eigenvalue weighted by Crippen LogP contribution is -2.28. The monoisotopic (exact) mass is 295 g/mol. The van der Waals surface area contributed by atoms with E-state index in [0.717, 1.165) is 24.5 Å². The molecular weight excluding hydrogens is 274 g/mol. The maximum Gasteiger partial charge on any atom is 0.255 e. The zero-order valence-corrected chi connectivity index (χ0v) is 12.9. The molecule has 114 valence electrons. The molecular formula is C18H21N3O. The van der Waals surface area contributed by atoms with Gasteiger partial charge in [0.25, 0.3) is 5.91 Å². The molecule has 1 aliphatic heterocycles. The number of hydrogen-bond donors (Lipinski definition) is 1. The fourth-order valence-corrected chi connectivity index (χ4v) is 2.83. The molecule has 2 heterocycles. The van der Waals surface area contributed by atoms with Gasteiger partial charge in [0.05, 0.1) is 5.56 Å². The van der Waals surface area contributed by atoms with Gasteiger partial charge in [-0.1, -0.05) is 24.3 Å². The molecule has 1 amide bonds. The Morgan fingerprint density at radius 3 is 2.73 bits per heavy atom. The number of benzene rings is 1. The average molecular weight is 295 g/mol. The number of anilines is 1. The zero-order valence-electron chi connectivity index (χ0n) is 12.9. The summed E-state index contributed by atoms with van der Waals surface area (Å²) in [5, 5.41) is 3.01. The Bertz CT molecular complexity index is 663. The van der Waals surface area contributed by atoms with E-state index in [1.165, 1.54) is 18.4 Å². The molecule has 0 radical (unpaired) electrons. The third-order valence-electron chi connectivity index (χ3n) is 4.14. The molecule has 1 aromatic heterocycles. The number of hydrogen-bond acceptors (Lipinski definition) is 3. The van der Waals surface area contributed by atoms with Crippen LogP contribution in [0.3, 0.4) is 0 Å². The van der Waals surface area contributed by atoms with Crippen molar-refractivity contribution in [2.75, 3.05) is 18.0 Å². The first-order valence-electron chi connectivity index (χ1n) is 7.78. The standard InChI is InChI=1S/C18H21N3O/c1-14-7-2-3-8-15(14)13-20-18(22)16-9-6-10-19-17(16)21-11-4-5-12-21/h2-3,6-10H,4-5,11-13H2,1H3,(H,20,22). The molecule has 3 rings (SSSR count). The van der Waals surface area contributed by atoms with Gasteiger partial charge in [0.2, 0.25) is 0 Å². The van der Waals surface area contributed by atoms with E-state index in [0.29, 0.717) is 12.1 Å². The Morgan fingerprint density at radius 1 is 1.18 bits per heavy atom. The van der Waals surface area contributed by atoms with Crippen LogP contribution in [0.15, 0.2) is 42.6 Å². The number of pyridine rings is 1. The molecule has 0 saturated carbocycles. The summed E-state index contributed by atoms with van der Waals surface area (Å²) < 4.78 is 0. The predicted octanol–water partition coefficient (Wildman–Crippen LogP) is 2.92. The van der Waals surface area contributed by atoms with Gasteiger partial charge in [-0.2, -0.15) is 0 Å². The molecule has 1 aliphatic rings. The van der Waals surface area contributed by atoms with Crippen molar-refractivity contribution in [2.24, 2.45) is 0 Å².